The molecular formula is C15H14N2O3S. The van der Waals surface area contributed by atoms with E-state index in [9.17, 15) is 8.42 Å². The zero-order valence-electron chi connectivity index (χ0n) is 11.3. The molecule has 108 valence electrons. The molecule has 0 aliphatic heterocycles. The standard InChI is InChI=1S/C15H14N2O3S/c18-21(19,15-10-3-4-11-16-15)20-17-14-9-5-7-12-6-1-2-8-13(12)14/h1-4,6,8,10-11H,5,7,9H2. The maximum Gasteiger partial charge on any atom is 0.376 e. The van der Waals surface area contributed by atoms with Crippen LogP contribution in [0.3, 0.4) is 0 Å². The number of aryl methyl sites for hydroxylation is 1. The Morgan fingerprint density at radius 1 is 1.05 bits per heavy atom. The average Bonchev–Trinajstić information content (AvgIpc) is 2.54. The summed E-state index contributed by atoms with van der Waals surface area (Å²) in [5.74, 6) is 0. The number of aromatic nitrogens is 1. The minimum atomic E-state index is -3.96. The van der Waals surface area contributed by atoms with Gasteiger partial charge in [-0.2, -0.15) is 8.42 Å². The summed E-state index contributed by atoms with van der Waals surface area (Å²) in [6.07, 6.45) is 4.01. The largest absolute Gasteiger partial charge is 0.376 e. The van der Waals surface area contributed by atoms with Crippen LogP contribution in [0.15, 0.2) is 58.8 Å². The van der Waals surface area contributed by atoms with Gasteiger partial charge in [-0.3, -0.25) is 4.28 Å². The van der Waals surface area contributed by atoms with Crippen molar-refractivity contribution in [2.24, 2.45) is 5.16 Å². The van der Waals surface area contributed by atoms with Crippen LogP contribution >= 0.6 is 0 Å². The van der Waals surface area contributed by atoms with Crippen molar-refractivity contribution in [3.05, 3.63) is 59.8 Å². The first-order valence-electron chi connectivity index (χ1n) is 6.67. The third kappa shape index (κ3) is 2.95. The molecule has 0 bridgehead atoms. The Bertz CT molecular complexity index is 771. The van der Waals surface area contributed by atoms with E-state index in [1.165, 1.54) is 17.8 Å². The van der Waals surface area contributed by atoms with Crippen LogP contribution in [0.1, 0.15) is 24.0 Å². The fourth-order valence-corrected chi connectivity index (χ4v) is 3.02. The third-order valence-electron chi connectivity index (χ3n) is 3.33. The van der Waals surface area contributed by atoms with Crippen LogP contribution in [-0.2, 0) is 20.8 Å². The van der Waals surface area contributed by atoms with E-state index in [0.717, 1.165) is 18.4 Å². The molecule has 0 fully saturated rings. The van der Waals surface area contributed by atoms with E-state index in [-0.39, 0.29) is 5.03 Å². The summed E-state index contributed by atoms with van der Waals surface area (Å²) in [5, 5.41) is 3.72. The van der Waals surface area contributed by atoms with E-state index < -0.39 is 10.1 Å². The summed E-state index contributed by atoms with van der Waals surface area (Å²) >= 11 is 0. The Hall–Kier alpha value is -2.21. The van der Waals surface area contributed by atoms with Crippen LogP contribution in [0.25, 0.3) is 0 Å². The number of oxime groups is 1. The molecule has 0 N–H and O–H groups in total. The van der Waals surface area contributed by atoms with Gasteiger partial charge in [0.15, 0.2) is 5.03 Å². The van der Waals surface area contributed by atoms with Gasteiger partial charge in [-0.25, -0.2) is 4.98 Å². The van der Waals surface area contributed by atoms with Crippen molar-refractivity contribution in [2.75, 3.05) is 0 Å². The predicted octanol–water partition coefficient (Wildman–Crippen LogP) is 2.53. The van der Waals surface area contributed by atoms with Gasteiger partial charge in [0.05, 0.1) is 5.71 Å². The van der Waals surface area contributed by atoms with E-state index in [1.807, 2.05) is 24.3 Å². The number of hydrogen-bond donors (Lipinski definition) is 0. The molecule has 0 saturated carbocycles. The molecule has 1 heterocycles. The average molecular weight is 302 g/mol. The molecular weight excluding hydrogens is 288 g/mol. The zero-order valence-corrected chi connectivity index (χ0v) is 12.1. The van der Waals surface area contributed by atoms with Crippen molar-refractivity contribution < 1.29 is 12.7 Å². The molecule has 0 amide bonds. The van der Waals surface area contributed by atoms with Gasteiger partial charge < -0.3 is 0 Å². The monoisotopic (exact) mass is 302 g/mol. The topological polar surface area (TPSA) is 68.6 Å². The van der Waals surface area contributed by atoms with Crippen LogP contribution in [0.4, 0.5) is 0 Å². The first-order valence-corrected chi connectivity index (χ1v) is 8.07. The van der Waals surface area contributed by atoms with Gasteiger partial charge in [0.2, 0.25) is 0 Å². The van der Waals surface area contributed by atoms with Crippen LogP contribution in [0.2, 0.25) is 0 Å². The lowest BCUT2D eigenvalue weighted by Gasteiger charge is -2.16. The quantitative estimate of drug-likeness (QED) is 0.817. The lowest BCUT2D eigenvalue weighted by atomic mass is 9.90. The highest BCUT2D eigenvalue weighted by Crippen LogP contribution is 2.22. The highest BCUT2D eigenvalue weighted by atomic mass is 32.2. The summed E-state index contributed by atoms with van der Waals surface area (Å²) < 4.78 is 28.8. The smallest absolute Gasteiger partial charge is 0.263 e. The Morgan fingerprint density at radius 3 is 2.67 bits per heavy atom. The van der Waals surface area contributed by atoms with Gasteiger partial charge in [-0.1, -0.05) is 35.5 Å². The molecule has 1 aliphatic rings. The fourth-order valence-electron chi connectivity index (χ4n) is 2.32. The van der Waals surface area contributed by atoms with Gasteiger partial charge >= 0.3 is 10.1 Å². The van der Waals surface area contributed by atoms with Crippen molar-refractivity contribution in [2.45, 2.75) is 24.3 Å². The molecule has 1 aromatic carbocycles. The first kappa shape index (κ1) is 13.8. The van der Waals surface area contributed by atoms with Crippen molar-refractivity contribution >= 4 is 15.8 Å². The van der Waals surface area contributed by atoms with Gasteiger partial charge in [-0.15, -0.1) is 0 Å². The molecule has 0 unspecified atom stereocenters. The highest BCUT2D eigenvalue weighted by Gasteiger charge is 2.20. The van der Waals surface area contributed by atoms with E-state index in [0.29, 0.717) is 12.1 Å². The molecule has 21 heavy (non-hydrogen) atoms. The maximum absolute atomic E-state index is 12.0. The second-order valence-corrected chi connectivity index (χ2v) is 6.22. The number of rotatable bonds is 3. The van der Waals surface area contributed by atoms with E-state index in [2.05, 4.69) is 10.1 Å². The van der Waals surface area contributed by atoms with Gasteiger partial charge in [0, 0.05) is 11.8 Å². The van der Waals surface area contributed by atoms with E-state index in [4.69, 9.17) is 4.28 Å². The summed E-state index contributed by atoms with van der Waals surface area (Å²) in [7, 11) is -3.96. The zero-order chi connectivity index (χ0) is 14.7. The molecule has 5 nitrogen and oxygen atoms in total. The Kier molecular flexibility index (Phi) is 3.70. The molecule has 0 spiro atoms. The Morgan fingerprint density at radius 2 is 1.86 bits per heavy atom. The molecule has 1 aromatic heterocycles. The lowest BCUT2D eigenvalue weighted by Crippen LogP contribution is -2.14. The molecule has 1 aliphatic carbocycles. The molecule has 0 saturated heterocycles. The summed E-state index contributed by atoms with van der Waals surface area (Å²) in [4.78, 5) is 3.78. The lowest BCUT2D eigenvalue weighted by molar-refractivity contribution is 0.335. The highest BCUT2D eigenvalue weighted by molar-refractivity contribution is 7.86. The second-order valence-electron chi connectivity index (χ2n) is 4.75. The van der Waals surface area contributed by atoms with Crippen molar-refractivity contribution in [1.29, 1.82) is 0 Å². The predicted molar refractivity (Wildman–Crippen MR) is 78.4 cm³/mol. The van der Waals surface area contributed by atoms with Crippen LogP contribution in [0, 0.1) is 0 Å². The van der Waals surface area contributed by atoms with Crippen molar-refractivity contribution in [3.63, 3.8) is 0 Å². The first-order chi connectivity index (χ1) is 10.2. The van der Waals surface area contributed by atoms with Crippen LogP contribution in [0.5, 0.6) is 0 Å². The summed E-state index contributed by atoms with van der Waals surface area (Å²) in [6, 6.07) is 12.4. The number of fused-ring (bicyclic) bond motifs is 1. The number of hydrogen-bond acceptors (Lipinski definition) is 5. The molecule has 3 rings (SSSR count). The van der Waals surface area contributed by atoms with Gasteiger partial charge in [0.25, 0.3) is 0 Å². The van der Waals surface area contributed by atoms with E-state index >= 15 is 0 Å². The Labute approximate surface area is 123 Å². The fraction of sp³-hybridized carbons (Fsp3) is 0.200. The van der Waals surface area contributed by atoms with Crippen molar-refractivity contribution in [3.8, 4) is 0 Å². The number of benzene rings is 1. The summed E-state index contributed by atoms with van der Waals surface area (Å²) in [6.45, 7) is 0. The third-order valence-corrected chi connectivity index (χ3v) is 4.35. The maximum atomic E-state index is 12.0. The Balaban J connectivity index is 1.88. The molecule has 6 heteroatoms. The minimum Gasteiger partial charge on any atom is -0.263 e. The van der Waals surface area contributed by atoms with E-state index in [1.54, 1.807) is 12.1 Å². The van der Waals surface area contributed by atoms with Crippen LogP contribution in [-0.4, -0.2) is 19.1 Å². The molecule has 0 atom stereocenters. The number of nitrogens with zero attached hydrogens (tertiary/aromatic N) is 2. The normalized spacial score (nSPS) is 16.5. The molecule has 2 aromatic rings. The summed E-state index contributed by atoms with van der Waals surface area (Å²) in [5.41, 5.74) is 2.79. The van der Waals surface area contributed by atoms with Gasteiger partial charge in [-0.05, 0) is 37.0 Å². The minimum absolute atomic E-state index is 0.140. The number of pyridine rings is 1. The van der Waals surface area contributed by atoms with Crippen LogP contribution < -0.4 is 0 Å². The second kappa shape index (κ2) is 5.65. The van der Waals surface area contributed by atoms with Crippen molar-refractivity contribution in [1.82, 2.24) is 4.98 Å². The van der Waals surface area contributed by atoms with Gasteiger partial charge in [0.1, 0.15) is 0 Å². The SMILES string of the molecule is O=S(=O)(ON=C1CCCc2ccccc21)c1ccccn1. The molecule has 0 radical (unpaired) electrons.